The first-order valence-corrected chi connectivity index (χ1v) is 38.6. The number of aromatic nitrogens is 20. The summed E-state index contributed by atoms with van der Waals surface area (Å²) < 4.78 is 38.0. The number of nitrogen functional groups attached to an aromatic ring is 4. The van der Waals surface area contributed by atoms with E-state index >= 15 is 0 Å². The van der Waals surface area contributed by atoms with E-state index in [1.807, 2.05) is 60.7 Å². The molecule has 0 atom stereocenters. The highest BCUT2D eigenvalue weighted by atomic mass is 16.7. The first-order valence-electron chi connectivity index (χ1n) is 38.6. The van der Waals surface area contributed by atoms with Gasteiger partial charge in [-0.15, -0.1) is 20.4 Å². The molecule has 4 fully saturated rings. The molecule has 8 aromatic heterocycles. The van der Waals surface area contributed by atoms with Gasteiger partial charge in [-0.25, -0.2) is 19.9 Å². The Morgan fingerprint density at radius 1 is 0.339 bits per heavy atom. The summed E-state index contributed by atoms with van der Waals surface area (Å²) in [5, 5.41) is 30.4. The van der Waals surface area contributed by atoms with Crippen LogP contribution < -0.4 is 97.1 Å². The van der Waals surface area contributed by atoms with Crippen molar-refractivity contribution in [3.63, 3.8) is 0 Å². The van der Waals surface area contributed by atoms with E-state index in [-0.39, 0.29) is 37.4 Å². The number of nitrogens with zero attached hydrogens (tertiary/aromatic N) is 25. The summed E-state index contributed by atoms with van der Waals surface area (Å²) in [5.41, 5.74) is 28.7. The molecule has 4 aromatic carbocycles. The number of rotatable bonds is 21. The second-order valence-electron chi connectivity index (χ2n) is 27.3. The second kappa shape index (κ2) is 36.0. The zero-order valence-corrected chi connectivity index (χ0v) is 64.5. The molecule has 0 unspecified atom stereocenters. The smallest absolute Gasteiger partial charge is 0.255 e. The number of methoxy groups -OCH3 is 2. The van der Waals surface area contributed by atoms with Crippen molar-refractivity contribution < 1.29 is 28.4 Å². The van der Waals surface area contributed by atoms with Crippen LogP contribution >= 0.6 is 0 Å². The van der Waals surface area contributed by atoms with Crippen LogP contribution in [0.25, 0.3) is 23.4 Å². The molecule has 12 aromatic rings. The van der Waals surface area contributed by atoms with Crippen molar-refractivity contribution in [2.75, 3.05) is 162 Å². The van der Waals surface area contributed by atoms with Gasteiger partial charge in [-0.1, -0.05) is 0 Å². The normalized spacial score (nSPS) is 14.8. The summed E-state index contributed by atoms with van der Waals surface area (Å²) in [6.07, 6.45) is 21.2. The fourth-order valence-electron chi connectivity index (χ4n) is 13.7. The number of nitrogens with two attached hydrogens (primary N) is 4. The summed E-state index contributed by atoms with van der Waals surface area (Å²) in [6, 6.07) is 31.9. The van der Waals surface area contributed by atoms with Gasteiger partial charge in [0.05, 0.1) is 14.2 Å². The average molecular weight is 1560 g/mol. The van der Waals surface area contributed by atoms with Crippen molar-refractivity contribution in [2.45, 2.75) is 90.9 Å². The SMILES string of the molecule is CCN(CC)c1ccc(Nc2nc(N)n(-c3ccnc(N4CCCCC4)n3)n2)cc1.COc1ccc(Nc2nc(N)n(-c3ccnc(N4CCCCC4)n3)n2)cc1OC.Nc1nc(Nc2ccc3c(c2)OCO3)nn1-c1ccnc(N2CCCCC2)n1.Nc1nc(Nc2ccc3c(c2)OCO3)nn1-c1nccc(N2CCCCC2)n1. The highest BCUT2D eigenvalue weighted by molar-refractivity contribution is 5.65. The molecule has 6 aliphatic heterocycles. The summed E-state index contributed by atoms with van der Waals surface area (Å²) in [7, 11) is 3.18. The number of hydrogen-bond donors (Lipinski definition) is 8. The number of hydrogen-bond acceptors (Lipinski definition) is 35. The maximum Gasteiger partial charge on any atom is 0.255 e. The lowest BCUT2D eigenvalue weighted by molar-refractivity contribution is 0.173. The van der Waals surface area contributed by atoms with E-state index in [0.29, 0.717) is 93.8 Å². The Morgan fingerprint density at radius 2 is 0.670 bits per heavy atom. The summed E-state index contributed by atoms with van der Waals surface area (Å²) in [5.74, 6) is 11.6. The first kappa shape index (κ1) is 76.3. The Morgan fingerprint density at radius 3 is 1.08 bits per heavy atom. The standard InChI is InChI=1S/C21H29N9.C19H24N8O2.2C18H20N8O2/c1-3-28(4-2)17-10-8-16(9-11-17)24-20-26-19(22)30(27-20)18-12-13-23-21(25-18)29-14-6-5-7-15-29;1-28-14-7-6-13(12-15(14)29-2)22-18-24-17(20)27(25-18)16-8-9-21-19(23-16)26-10-4-3-5-11-26;19-16-23-17(21-12-4-5-13-14(10-12)28-11-27-13)24-26(16)15-6-7-20-18(22-15)25-8-2-1-3-9-25;19-16-23-17(21-12-4-5-13-14(10-12)28-11-27-13)24-26(16)18-20-7-6-15(22-18)25-8-2-1-3-9-25/h8-13H,3-7,14-15H2,1-2H3,(H3,22,24,26,27);6-9,12H,3-5,10-11H2,1-2H3,(H3,20,22,24,25);2*4-7,10H,1-3,8-9,11H2,(H3,19,21,23,24). The number of benzene rings is 4. The van der Waals surface area contributed by atoms with Gasteiger partial charge >= 0.3 is 0 Å². The van der Waals surface area contributed by atoms with E-state index in [2.05, 4.69) is 152 Å². The second-order valence-corrected chi connectivity index (χ2v) is 27.3. The van der Waals surface area contributed by atoms with Crippen LogP contribution in [0, 0.1) is 0 Å². The number of piperidine rings is 4. The van der Waals surface area contributed by atoms with Crippen LogP contribution in [0.15, 0.2) is 128 Å². The lowest BCUT2D eigenvalue weighted by atomic mass is 10.1. The van der Waals surface area contributed by atoms with E-state index in [9.17, 15) is 0 Å². The number of fused-ring (bicyclic) bond motifs is 2. The molecule has 0 saturated carbocycles. The van der Waals surface area contributed by atoms with E-state index in [1.54, 1.807) is 74.0 Å². The molecule has 115 heavy (non-hydrogen) atoms. The number of ether oxygens (including phenoxy) is 6. The van der Waals surface area contributed by atoms with Crippen LogP contribution in [0.1, 0.15) is 90.9 Å². The Labute approximate surface area is 662 Å². The van der Waals surface area contributed by atoms with E-state index in [0.717, 1.165) is 125 Å². The van der Waals surface area contributed by atoms with Crippen LogP contribution in [0.5, 0.6) is 34.5 Å². The Bertz CT molecular complexity index is 5060. The van der Waals surface area contributed by atoms with Gasteiger partial charge in [0, 0.05) is 155 Å². The van der Waals surface area contributed by atoms with Crippen molar-refractivity contribution in [3.8, 4) is 57.9 Å². The number of anilines is 17. The lowest BCUT2D eigenvalue weighted by Gasteiger charge is -2.27. The molecular formula is C76H93N33O6. The zero-order valence-electron chi connectivity index (χ0n) is 64.5. The van der Waals surface area contributed by atoms with Crippen LogP contribution in [-0.4, -0.2) is 192 Å². The van der Waals surface area contributed by atoms with Crippen molar-refractivity contribution in [1.82, 2.24) is 98.9 Å². The van der Waals surface area contributed by atoms with Crippen LogP contribution in [-0.2, 0) is 0 Å². The molecule has 6 aliphatic rings. The number of nitrogens with one attached hydrogen (secondary N) is 4. The Kier molecular flexibility index (Phi) is 23.9. The van der Waals surface area contributed by atoms with Gasteiger partial charge in [0.25, 0.3) is 5.95 Å². The lowest BCUT2D eigenvalue weighted by Crippen LogP contribution is -2.31. The molecule has 4 saturated heterocycles. The fourth-order valence-corrected chi connectivity index (χ4v) is 13.7. The van der Waals surface area contributed by atoms with Gasteiger partial charge in [-0.3, -0.25) is 0 Å². The molecule has 0 aliphatic carbocycles. The highest BCUT2D eigenvalue weighted by Gasteiger charge is 2.24. The Hall–Kier alpha value is -14.0. The molecule has 12 N–H and O–H groups in total. The Balaban J connectivity index is 0.000000121. The van der Waals surface area contributed by atoms with E-state index < -0.39 is 0 Å². The van der Waals surface area contributed by atoms with Crippen molar-refractivity contribution in [2.24, 2.45) is 0 Å². The molecule has 598 valence electrons. The van der Waals surface area contributed by atoms with Gasteiger partial charge in [0.2, 0.25) is 79.0 Å². The monoisotopic (exact) mass is 1560 g/mol. The first-order chi connectivity index (χ1) is 56.4. The molecule has 0 spiro atoms. The predicted molar refractivity (Wildman–Crippen MR) is 438 cm³/mol. The van der Waals surface area contributed by atoms with E-state index in [1.165, 1.54) is 71.1 Å². The van der Waals surface area contributed by atoms with Crippen LogP contribution in [0.4, 0.5) is 99.7 Å². The third-order valence-corrected chi connectivity index (χ3v) is 19.6. The quantitative estimate of drug-likeness (QED) is 0.0331. The molecule has 14 heterocycles. The molecular weight excluding hydrogens is 1470 g/mol. The topological polar surface area (TPSA) is 450 Å². The summed E-state index contributed by atoms with van der Waals surface area (Å²) >= 11 is 0. The summed E-state index contributed by atoms with van der Waals surface area (Å²) in [4.78, 5) is 64.4. The maximum absolute atomic E-state index is 6.12. The van der Waals surface area contributed by atoms with Gasteiger partial charge in [0.15, 0.2) is 52.0 Å². The van der Waals surface area contributed by atoms with Gasteiger partial charge in [-0.05, 0) is 158 Å². The van der Waals surface area contributed by atoms with Gasteiger partial charge < -0.3 is 97.1 Å². The third-order valence-electron chi connectivity index (χ3n) is 19.6. The molecule has 39 nitrogen and oxygen atoms in total. The molecule has 0 radical (unpaired) electrons. The van der Waals surface area contributed by atoms with Crippen molar-refractivity contribution >= 4 is 99.7 Å². The van der Waals surface area contributed by atoms with Gasteiger partial charge in [-0.2, -0.15) is 58.6 Å². The molecule has 0 amide bonds. The largest absolute Gasteiger partial charge is 0.493 e. The minimum atomic E-state index is 0.207. The summed E-state index contributed by atoms with van der Waals surface area (Å²) in [6.45, 7) is 14.5. The maximum atomic E-state index is 6.12. The zero-order chi connectivity index (χ0) is 79.0. The minimum Gasteiger partial charge on any atom is -0.493 e. The average Bonchev–Trinajstić information content (AvgIpc) is 1.49. The highest BCUT2D eigenvalue weighted by Crippen LogP contribution is 2.38. The fraction of sp³-hybridized carbons (Fsp3) is 0.368. The van der Waals surface area contributed by atoms with Crippen molar-refractivity contribution in [3.05, 3.63) is 128 Å². The van der Waals surface area contributed by atoms with Crippen LogP contribution in [0.3, 0.4) is 0 Å². The van der Waals surface area contributed by atoms with Gasteiger partial charge in [0.1, 0.15) is 5.82 Å². The molecule has 39 heteroatoms. The molecule has 0 bridgehead atoms. The van der Waals surface area contributed by atoms with E-state index in [4.69, 9.17) is 51.4 Å². The van der Waals surface area contributed by atoms with Crippen LogP contribution in [0.2, 0.25) is 0 Å². The predicted octanol–water partition coefficient (Wildman–Crippen LogP) is 9.81. The van der Waals surface area contributed by atoms with Crippen molar-refractivity contribution in [1.29, 1.82) is 0 Å². The minimum absolute atomic E-state index is 0.207. The molecule has 18 rings (SSSR count). The third kappa shape index (κ3) is 18.6.